The van der Waals surface area contributed by atoms with Crippen LogP contribution in [0.15, 0.2) is 72.8 Å². The van der Waals surface area contributed by atoms with Gasteiger partial charge >= 0.3 is 0 Å². The predicted octanol–water partition coefficient (Wildman–Crippen LogP) is 6.37. The number of hydrogen-bond donors (Lipinski definition) is 1. The number of nitrogens with zero attached hydrogens (tertiary/aromatic N) is 3. The standard InChI is InChI=1S/C27H23ClF2N4O/c1-17(18-6-3-2-4-7-18)27(35)33-12-13-34-24(16-33)32-25(19-8-5-9-20(29)14-19)26(34)31-21-10-11-22(28)23(30)15-21/h2-11,14-15,17,31H,12-13,16H2,1H3/t17-/m0/s1. The second-order valence-corrected chi connectivity index (χ2v) is 8.94. The molecule has 35 heavy (non-hydrogen) atoms. The van der Waals surface area contributed by atoms with Crippen molar-refractivity contribution in [1.82, 2.24) is 14.5 Å². The molecule has 1 aliphatic rings. The molecule has 0 radical (unpaired) electrons. The highest BCUT2D eigenvalue weighted by molar-refractivity contribution is 6.30. The molecule has 1 N–H and O–H groups in total. The first-order valence-corrected chi connectivity index (χ1v) is 11.7. The lowest BCUT2D eigenvalue weighted by Gasteiger charge is -2.30. The number of nitrogens with one attached hydrogen (secondary N) is 1. The smallest absolute Gasteiger partial charge is 0.230 e. The van der Waals surface area contributed by atoms with E-state index in [2.05, 4.69) is 5.32 Å². The summed E-state index contributed by atoms with van der Waals surface area (Å²) in [5.41, 5.74) is 2.56. The van der Waals surface area contributed by atoms with E-state index < -0.39 is 5.82 Å². The van der Waals surface area contributed by atoms with Crippen molar-refractivity contribution in [3.8, 4) is 11.3 Å². The minimum Gasteiger partial charge on any atom is -0.340 e. The summed E-state index contributed by atoms with van der Waals surface area (Å²) in [4.78, 5) is 19.8. The average molecular weight is 493 g/mol. The Bertz CT molecular complexity index is 1390. The number of aromatic nitrogens is 2. The van der Waals surface area contributed by atoms with Gasteiger partial charge in [0.1, 0.15) is 29.0 Å². The normalized spacial score (nSPS) is 13.9. The lowest BCUT2D eigenvalue weighted by Crippen LogP contribution is -2.40. The molecule has 5 nitrogen and oxygen atoms in total. The number of carbonyl (C=O) groups excluding carboxylic acids is 1. The second-order valence-electron chi connectivity index (χ2n) is 8.53. The van der Waals surface area contributed by atoms with Crippen molar-refractivity contribution >= 4 is 29.0 Å². The number of halogens is 3. The van der Waals surface area contributed by atoms with Crippen molar-refractivity contribution in [1.29, 1.82) is 0 Å². The average Bonchev–Trinajstić information content (AvgIpc) is 3.23. The third kappa shape index (κ3) is 4.64. The van der Waals surface area contributed by atoms with Crippen molar-refractivity contribution in [3.05, 3.63) is 101 Å². The van der Waals surface area contributed by atoms with Gasteiger partial charge in [-0.05, 0) is 42.8 Å². The Morgan fingerprint density at radius 1 is 1.03 bits per heavy atom. The lowest BCUT2D eigenvalue weighted by molar-refractivity contribution is -0.134. The summed E-state index contributed by atoms with van der Waals surface area (Å²) in [6.45, 7) is 3.20. The number of amides is 1. The number of carbonyl (C=O) groups is 1. The molecule has 8 heteroatoms. The molecular formula is C27H23ClF2N4O. The number of anilines is 2. The van der Waals surface area contributed by atoms with Crippen molar-refractivity contribution in [2.24, 2.45) is 0 Å². The van der Waals surface area contributed by atoms with Crippen molar-refractivity contribution in [3.63, 3.8) is 0 Å². The van der Waals surface area contributed by atoms with Crippen LogP contribution in [0, 0.1) is 11.6 Å². The highest BCUT2D eigenvalue weighted by atomic mass is 35.5. The Balaban J connectivity index is 1.49. The monoisotopic (exact) mass is 492 g/mol. The van der Waals surface area contributed by atoms with Gasteiger partial charge < -0.3 is 14.8 Å². The molecule has 178 valence electrons. The molecule has 1 amide bonds. The zero-order chi connectivity index (χ0) is 24.5. The maximum atomic E-state index is 14.1. The van der Waals surface area contributed by atoms with Crippen molar-refractivity contribution in [2.45, 2.75) is 25.9 Å². The summed E-state index contributed by atoms with van der Waals surface area (Å²) in [6, 6.07) is 20.3. The molecule has 0 saturated carbocycles. The van der Waals surface area contributed by atoms with E-state index in [-0.39, 0.29) is 22.7 Å². The maximum Gasteiger partial charge on any atom is 0.230 e. The van der Waals surface area contributed by atoms with E-state index in [4.69, 9.17) is 16.6 Å². The van der Waals surface area contributed by atoms with Gasteiger partial charge in [-0.25, -0.2) is 13.8 Å². The number of benzene rings is 3. The van der Waals surface area contributed by atoms with E-state index in [1.165, 1.54) is 24.3 Å². The zero-order valence-electron chi connectivity index (χ0n) is 19.0. The molecule has 0 aliphatic carbocycles. The van der Waals surface area contributed by atoms with E-state index in [1.54, 1.807) is 23.1 Å². The highest BCUT2D eigenvalue weighted by Gasteiger charge is 2.29. The SMILES string of the molecule is C[C@H](C(=O)N1CCn2c(nc(-c3cccc(F)c3)c2Nc2ccc(Cl)c(F)c2)C1)c1ccccc1. The van der Waals surface area contributed by atoms with E-state index in [0.717, 1.165) is 5.56 Å². The third-order valence-electron chi connectivity index (χ3n) is 6.23. The Labute approximate surface area is 207 Å². The van der Waals surface area contributed by atoms with Gasteiger partial charge in [0, 0.05) is 24.3 Å². The molecule has 1 aliphatic heterocycles. The molecule has 5 rings (SSSR count). The molecule has 1 aromatic heterocycles. The predicted molar refractivity (Wildman–Crippen MR) is 133 cm³/mol. The van der Waals surface area contributed by atoms with Crippen LogP contribution in [0.1, 0.15) is 24.2 Å². The minimum atomic E-state index is -0.547. The molecule has 0 spiro atoms. The summed E-state index contributed by atoms with van der Waals surface area (Å²) in [7, 11) is 0. The van der Waals surface area contributed by atoms with Gasteiger partial charge in [0.2, 0.25) is 5.91 Å². The molecule has 0 fully saturated rings. The topological polar surface area (TPSA) is 50.2 Å². The first-order chi connectivity index (χ1) is 16.9. The van der Waals surface area contributed by atoms with Crippen LogP contribution < -0.4 is 5.32 Å². The molecule has 0 bridgehead atoms. The molecule has 1 atom stereocenters. The van der Waals surface area contributed by atoms with Gasteiger partial charge in [0.05, 0.1) is 17.5 Å². The summed E-state index contributed by atoms with van der Waals surface area (Å²) in [5.74, 6) is 0.0816. The van der Waals surface area contributed by atoms with Crippen LogP contribution in [-0.4, -0.2) is 26.9 Å². The Morgan fingerprint density at radius 3 is 2.57 bits per heavy atom. The third-order valence-corrected chi connectivity index (χ3v) is 6.54. The minimum absolute atomic E-state index is 0.0204. The molecule has 4 aromatic rings. The number of fused-ring (bicyclic) bond motifs is 1. The molecule has 2 heterocycles. The fraction of sp³-hybridized carbons (Fsp3) is 0.185. The van der Waals surface area contributed by atoms with Gasteiger partial charge in [-0.1, -0.05) is 54.1 Å². The summed E-state index contributed by atoms with van der Waals surface area (Å²) in [5, 5.41) is 3.26. The van der Waals surface area contributed by atoms with Crippen LogP contribution in [0.5, 0.6) is 0 Å². The van der Waals surface area contributed by atoms with E-state index in [9.17, 15) is 13.6 Å². The summed E-state index contributed by atoms with van der Waals surface area (Å²) in [6.07, 6.45) is 0. The van der Waals surface area contributed by atoms with Gasteiger partial charge in [0.25, 0.3) is 0 Å². The first-order valence-electron chi connectivity index (χ1n) is 11.3. The van der Waals surface area contributed by atoms with Gasteiger partial charge in [-0.15, -0.1) is 0 Å². The first kappa shape index (κ1) is 23.1. The number of imidazole rings is 1. The quantitative estimate of drug-likeness (QED) is 0.352. The van der Waals surface area contributed by atoms with Crippen molar-refractivity contribution < 1.29 is 13.6 Å². The zero-order valence-corrected chi connectivity index (χ0v) is 19.8. The van der Waals surface area contributed by atoms with Gasteiger partial charge in [0.15, 0.2) is 0 Å². The van der Waals surface area contributed by atoms with Crippen LogP contribution in [0.2, 0.25) is 5.02 Å². The summed E-state index contributed by atoms with van der Waals surface area (Å²) < 4.78 is 30.1. The van der Waals surface area contributed by atoms with Gasteiger partial charge in [-0.3, -0.25) is 4.79 Å². The summed E-state index contributed by atoms with van der Waals surface area (Å²) >= 11 is 5.84. The van der Waals surface area contributed by atoms with Crippen LogP contribution in [0.3, 0.4) is 0 Å². The Kier molecular flexibility index (Phi) is 6.26. The van der Waals surface area contributed by atoms with Crippen LogP contribution >= 0.6 is 11.6 Å². The van der Waals surface area contributed by atoms with Crippen LogP contribution in [-0.2, 0) is 17.9 Å². The lowest BCUT2D eigenvalue weighted by atomic mass is 9.99. The molecular weight excluding hydrogens is 470 g/mol. The molecule has 0 saturated heterocycles. The molecule has 3 aromatic carbocycles. The van der Waals surface area contributed by atoms with E-state index in [0.29, 0.717) is 48.2 Å². The van der Waals surface area contributed by atoms with Crippen LogP contribution in [0.25, 0.3) is 11.3 Å². The Hall–Kier alpha value is -3.71. The fourth-order valence-corrected chi connectivity index (χ4v) is 4.47. The molecule has 0 unspecified atom stereocenters. The number of rotatable bonds is 5. The van der Waals surface area contributed by atoms with Crippen molar-refractivity contribution in [2.75, 3.05) is 11.9 Å². The van der Waals surface area contributed by atoms with Crippen LogP contribution in [0.4, 0.5) is 20.3 Å². The second kappa shape index (κ2) is 9.50. The number of hydrogen-bond acceptors (Lipinski definition) is 3. The van der Waals surface area contributed by atoms with Gasteiger partial charge in [-0.2, -0.15) is 0 Å². The maximum absolute atomic E-state index is 14.1. The Morgan fingerprint density at radius 2 is 1.83 bits per heavy atom. The van der Waals surface area contributed by atoms with E-state index >= 15 is 0 Å². The highest BCUT2D eigenvalue weighted by Crippen LogP contribution is 2.34. The largest absolute Gasteiger partial charge is 0.340 e. The fourth-order valence-electron chi connectivity index (χ4n) is 4.35. The van der Waals surface area contributed by atoms with E-state index in [1.807, 2.05) is 41.8 Å².